The maximum atomic E-state index is 11.8. The molecule has 0 amide bonds. The largest absolute Gasteiger partial charge is 0.481 e. The molecule has 3 nitrogen and oxygen atoms in total. The molecule has 3 heteroatoms. The predicted molar refractivity (Wildman–Crippen MR) is 88.9 cm³/mol. The van der Waals surface area contributed by atoms with E-state index in [0.717, 1.165) is 24.7 Å². The molecule has 0 aliphatic heterocycles. The Morgan fingerprint density at radius 1 is 0.913 bits per heavy atom. The van der Waals surface area contributed by atoms with E-state index in [1.807, 2.05) is 0 Å². The lowest BCUT2D eigenvalue weighted by atomic mass is 9.43. The summed E-state index contributed by atoms with van der Waals surface area (Å²) < 4.78 is 0. The first-order chi connectivity index (χ1) is 10.9. The number of carboxylic acids is 1. The molecule has 4 saturated carbocycles. The summed E-state index contributed by atoms with van der Waals surface area (Å²) >= 11 is 0. The maximum absolute atomic E-state index is 11.8. The summed E-state index contributed by atoms with van der Waals surface area (Å²) in [4.78, 5) is 11.8. The van der Waals surface area contributed by atoms with Gasteiger partial charge in [0.2, 0.25) is 0 Å². The van der Waals surface area contributed by atoms with Crippen molar-refractivity contribution in [2.75, 3.05) is 0 Å². The highest BCUT2D eigenvalue weighted by Crippen LogP contribution is 2.66. The van der Waals surface area contributed by atoms with E-state index in [1.54, 1.807) is 0 Å². The minimum Gasteiger partial charge on any atom is -0.481 e. The second-order valence-corrected chi connectivity index (χ2v) is 9.62. The molecule has 2 N–H and O–H groups in total. The van der Waals surface area contributed by atoms with Gasteiger partial charge in [0.1, 0.15) is 0 Å². The summed E-state index contributed by atoms with van der Waals surface area (Å²) in [6, 6.07) is 0. The third-order valence-electron chi connectivity index (χ3n) is 8.84. The SMILES string of the molecule is CC12CCCC1C1CCC3[C@H](C(=O)O)[C@@H](O)CCC3(C)C1CC2. The Kier molecular flexibility index (Phi) is 3.61. The Balaban J connectivity index is 1.66. The Bertz CT molecular complexity index is 503. The zero-order valence-corrected chi connectivity index (χ0v) is 14.6. The monoisotopic (exact) mass is 320 g/mol. The molecule has 0 saturated heterocycles. The highest BCUT2D eigenvalue weighted by Gasteiger charge is 2.60. The molecule has 6 unspecified atom stereocenters. The van der Waals surface area contributed by atoms with E-state index >= 15 is 0 Å². The number of hydrogen-bond acceptors (Lipinski definition) is 2. The molecule has 8 atom stereocenters. The van der Waals surface area contributed by atoms with Crippen molar-refractivity contribution in [3.8, 4) is 0 Å². The summed E-state index contributed by atoms with van der Waals surface area (Å²) in [5, 5.41) is 20.0. The Morgan fingerprint density at radius 2 is 1.70 bits per heavy atom. The summed E-state index contributed by atoms with van der Waals surface area (Å²) in [5.74, 6) is 1.24. The van der Waals surface area contributed by atoms with Crippen LogP contribution >= 0.6 is 0 Å². The molecule has 130 valence electrons. The number of carbonyl (C=O) groups is 1. The van der Waals surface area contributed by atoms with E-state index in [0.29, 0.717) is 17.8 Å². The normalized spacial score (nSPS) is 55.6. The number of carboxylic acid groups (broad SMARTS) is 1. The fraction of sp³-hybridized carbons (Fsp3) is 0.950. The van der Waals surface area contributed by atoms with Crippen molar-refractivity contribution in [2.24, 2.45) is 40.4 Å². The third kappa shape index (κ3) is 2.14. The zero-order valence-electron chi connectivity index (χ0n) is 14.6. The third-order valence-corrected chi connectivity index (χ3v) is 8.84. The van der Waals surface area contributed by atoms with Crippen LogP contribution in [0.25, 0.3) is 0 Å². The molecule has 0 aromatic carbocycles. The molecule has 0 aromatic rings. The highest BCUT2D eigenvalue weighted by molar-refractivity contribution is 5.71. The fourth-order valence-corrected chi connectivity index (χ4v) is 7.68. The fourth-order valence-electron chi connectivity index (χ4n) is 7.68. The van der Waals surface area contributed by atoms with Crippen LogP contribution < -0.4 is 0 Å². The van der Waals surface area contributed by atoms with Gasteiger partial charge in [-0.15, -0.1) is 0 Å². The van der Waals surface area contributed by atoms with Gasteiger partial charge < -0.3 is 10.2 Å². The number of aliphatic hydroxyl groups excluding tert-OH is 1. The van der Waals surface area contributed by atoms with Crippen LogP contribution in [0.2, 0.25) is 0 Å². The van der Waals surface area contributed by atoms with E-state index in [4.69, 9.17) is 0 Å². The van der Waals surface area contributed by atoms with E-state index in [1.165, 1.54) is 38.5 Å². The Labute approximate surface area is 139 Å². The molecule has 0 spiro atoms. The first-order valence-electron chi connectivity index (χ1n) is 9.78. The lowest BCUT2D eigenvalue weighted by Gasteiger charge is -2.61. The molecular formula is C20H32O3. The first-order valence-corrected chi connectivity index (χ1v) is 9.78. The summed E-state index contributed by atoms with van der Waals surface area (Å²) in [6.45, 7) is 4.88. The van der Waals surface area contributed by atoms with Crippen molar-refractivity contribution >= 4 is 5.97 Å². The van der Waals surface area contributed by atoms with Crippen molar-refractivity contribution in [2.45, 2.75) is 77.7 Å². The smallest absolute Gasteiger partial charge is 0.309 e. The summed E-state index contributed by atoms with van der Waals surface area (Å²) in [6.07, 6.45) is 10.1. The average molecular weight is 320 g/mol. The molecular weight excluding hydrogens is 288 g/mol. The van der Waals surface area contributed by atoms with Gasteiger partial charge in [0.15, 0.2) is 0 Å². The number of hydrogen-bond donors (Lipinski definition) is 2. The minimum atomic E-state index is -0.770. The van der Waals surface area contributed by atoms with Crippen LogP contribution in [0.4, 0.5) is 0 Å². The molecule has 0 bridgehead atoms. The zero-order chi connectivity index (χ0) is 16.4. The van der Waals surface area contributed by atoms with Crippen molar-refractivity contribution in [3.63, 3.8) is 0 Å². The van der Waals surface area contributed by atoms with Gasteiger partial charge in [-0.3, -0.25) is 4.79 Å². The van der Waals surface area contributed by atoms with E-state index in [2.05, 4.69) is 13.8 Å². The van der Waals surface area contributed by atoms with Gasteiger partial charge in [0.05, 0.1) is 12.0 Å². The number of fused-ring (bicyclic) bond motifs is 5. The molecule has 4 aliphatic carbocycles. The first kappa shape index (κ1) is 15.9. The molecule has 23 heavy (non-hydrogen) atoms. The van der Waals surface area contributed by atoms with Crippen molar-refractivity contribution < 1.29 is 15.0 Å². The Hall–Kier alpha value is -0.570. The maximum Gasteiger partial charge on any atom is 0.309 e. The highest BCUT2D eigenvalue weighted by atomic mass is 16.4. The molecule has 4 fully saturated rings. The molecule has 0 aromatic heterocycles. The van der Waals surface area contributed by atoms with Crippen molar-refractivity contribution in [3.05, 3.63) is 0 Å². The standard InChI is InChI=1S/C20H32O3/c1-19-9-3-4-13(19)12-5-6-15-17(18(22)23)16(21)8-11-20(15,2)14(12)7-10-19/h12-17,21H,3-11H2,1-2H3,(H,22,23)/t12?,13?,14?,15?,16-,17-,19?,20?/m0/s1. The van der Waals surface area contributed by atoms with Crippen LogP contribution in [0, 0.1) is 40.4 Å². The van der Waals surface area contributed by atoms with Crippen molar-refractivity contribution in [1.29, 1.82) is 0 Å². The molecule has 0 heterocycles. The van der Waals surface area contributed by atoms with Crippen LogP contribution in [0.3, 0.4) is 0 Å². The van der Waals surface area contributed by atoms with Gasteiger partial charge in [0, 0.05) is 0 Å². The topological polar surface area (TPSA) is 57.5 Å². The molecule has 0 radical (unpaired) electrons. The van der Waals surface area contributed by atoms with Gasteiger partial charge in [-0.1, -0.05) is 20.3 Å². The number of rotatable bonds is 1. The molecule has 4 rings (SSSR count). The number of aliphatic carboxylic acids is 1. The molecule has 4 aliphatic rings. The van der Waals surface area contributed by atoms with Crippen LogP contribution in [0.15, 0.2) is 0 Å². The lowest BCUT2D eigenvalue weighted by molar-refractivity contribution is -0.175. The second-order valence-electron chi connectivity index (χ2n) is 9.62. The van der Waals surface area contributed by atoms with Crippen LogP contribution in [-0.2, 0) is 4.79 Å². The van der Waals surface area contributed by atoms with E-state index in [-0.39, 0.29) is 11.3 Å². The van der Waals surface area contributed by atoms with Crippen LogP contribution in [0.5, 0.6) is 0 Å². The van der Waals surface area contributed by atoms with Gasteiger partial charge in [-0.25, -0.2) is 0 Å². The lowest BCUT2D eigenvalue weighted by Crippen LogP contribution is -2.57. The van der Waals surface area contributed by atoms with Gasteiger partial charge in [-0.05, 0) is 85.9 Å². The van der Waals surface area contributed by atoms with Crippen LogP contribution in [0.1, 0.15) is 71.6 Å². The minimum absolute atomic E-state index is 0.134. The van der Waals surface area contributed by atoms with Crippen molar-refractivity contribution in [1.82, 2.24) is 0 Å². The van der Waals surface area contributed by atoms with Gasteiger partial charge in [0.25, 0.3) is 0 Å². The quantitative estimate of drug-likeness (QED) is 0.765. The summed E-state index contributed by atoms with van der Waals surface area (Å²) in [7, 11) is 0. The van der Waals surface area contributed by atoms with E-state index < -0.39 is 18.0 Å². The second kappa shape index (κ2) is 5.21. The number of aliphatic hydroxyl groups is 1. The van der Waals surface area contributed by atoms with Crippen LogP contribution in [-0.4, -0.2) is 22.3 Å². The predicted octanol–water partition coefficient (Wildman–Crippen LogP) is 4.09. The van der Waals surface area contributed by atoms with E-state index in [9.17, 15) is 15.0 Å². The summed E-state index contributed by atoms with van der Waals surface area (Å²) in [5.41, 5.74) is 0.694. The Morgan fingerprint density at radius 3 is 2.43 bits per heavy atom. The van der Waals surface area contributed by atoms with Gasteiger partial charge in [-0.2, -0.15) is 0 Å². The van der Waals surface area contributed by atoms with Gasteiger partial charge >= 0.3 is 5.97 Å². The average Bonchev–Trinajstić information content (AvgIpc) is 2.89.